The Hall–Kier alpha value is -0.0800. The molecule has 2 nitrogen and oxygen atoms in total. The van der Waals surface area contributed by atoms with E-state index in [0.29, 0.717) is 6.10 Å². The minimum Gasteiger partial charge on any atom is -0.378 e. The van der Waals surface area contributed by atoms with Gasteiger partial charge in [-0.15, -0.1) is 0 Å². The van der Waals surface area contributed by atoms with E-state index >= 15 is 0 Å². The van der Waals surface area contributed by atoms with Crippen LogP contribution >= 0.6 is 0 Å². The molecule has 2 heteroatoms. The quantitative estimate of drug-likeness (QED) is 0.600. The third-order valence-corrected chi connectivity index (χ3v) is 3.68. The van der Waals surface area contributed by atoms with E-state index in [1.54, 1.807) is 5.92 Å². The first-order valence-corrected chi connectivity index (χ1v) is 7.33. The molecule has 1 rings (SSSR count). The summed E-state index contributed by atoms with van der Waals surface area (Å²) in [7, 11) is 2.21. The van der Waals surface area contributed by atoms with E-state index in [1.165, 1.54) is 58.0 Å². The highest BCUT2D eigenvalue weighted by atomic mass is 16.5. The van der Waals surface area contributed by atoms with Crippen LogP contribution in [0.4, 0.5) is 0 Å². The Labute approximate surface area is 108 Å². The minimum atomic E-state index is 0.548. The fourth-order valence-electron chi connectivity index (χ4n) is 2.48. The lowest BCUT2D eigenvalue weighted by Crippen LogP contribution is -2.22. The molecule has 1 saturated carbocycles. The van der Waals surface area contributed by atoms with Crippen molar-refractivity contribution in [2.24, 2.45) is 0 Å². The van der Waals surface area contributed by atoms with Gasteiger partial charge in [0, 0.05) is 6.61 Å². The molecule has 1 radical (unpaired) electrons. The lowest BCUT2D eigenvalue weighted by atomic mass is 9.89. The molecule has 1 aliphatic rings. The molecule has 0 atom stereocenters. The molecule has 0 spiro atoms. The predicted molar refractivity (Wildman–Crippen MR) is 74.1 cm³/mol. The third-order valence-electron chi connectivity index (χ3n) is 3.68. The molecule has 0 heterocycles. The average Bonchev–Trinajstić information content (AvgIpc) is 2.31. The predicted octanol–water partition coefficient (Wildman–Crippen LogP) is 3.66. The van der Waals surface area contributed by atoms with Crippen LogP contribution in [0.2, 0.25) is 0 Å². The van der Waals surface area contributed by atoms with Gasteiger partial charge in [0.05, 0.1) is 6.10 Å². The van der Waals surface area contributed by atoms with E-state index in [2.05, 4.69) is 25.8 Å². The molecule has 1 aliphatic carbocycles. The second kappa shape index (κ2) is 8.93. The zero-order valence-electron chi connectivity index (χ0n) is 12.0. The Kier molecular flexibility index (Phi) is 7.87. The lowest BCUT2D eigenvalue weighted by Gasteiger charge is -2.26. The Morgan fingerprint density at radius 1 is 1.18 bits per heavy atom. The van der Waals surface area contributed by atoms with E-state index in [4.69, 9.17) is 4.74 Å². The van der Waals surface area contributed by atoms with Crippen molar-refractivity contribution < 1.29 is 4.74 Å². The maximum Gasteiger partial charge on any atom is 0.0575 e. The van der Waals surface area contributed by atoms with Crippen LogP contribution in [0.25, 0.3) is 0 Å². The number of hydrogen-bond donors (Lipinski definition) is 0. The Balaban J connectivity index is 1.90. The highest BCUT2D eigenvalue weighted by molar-refractivity contribution is 4.90. The van der Waals surface area contributed by atoms with Crippen LogP contribution in [0.5, 0.6) is 0 Å². The highest BCUT2D eigenvalue weighted by Crippen LogP contribution is 2.27. The average molecular weight is 240 g/mol. The molecule has 0 amide bonds. The number of ether oxygens (including phenoxy) is 1. The van der Waals surface area contributed by atoms with Crippen molar-refractivity contribution in [1.29, 1.82) is 0 Å². The van der Waals surface area contributed by atoms with E-state index < -0.39 is 0 Å². The van der Waals surface area contributed by atoms with E-state index in [0.717, 1.165) is 6.61 Å². The van der Waals surface area contributed by atoms with Gasteiger partial charge in [0.1, 0.15) is 0 Å². The van der Waals surface area contributed by atoms with Gasteiger partial charge in [-0.2, -0.15) is 0 Å². The van der Waals surface area contributed by atoms with Crippen LogP contribution in [0.15, 0.2) is 0 Å². The highest BCUT2D eigenvalue weighted by Gasteiger charge is 2.18. The molecular weight excluding hydrogens is 210 g/mol. The van der Waals surface area contributed by atoms with Gasteiger partial charge in [-0.05, 0) is 71.0 Å². The van der Waals surface area contributed by atoms with Gasteiger partial charge in [-0.3, -0.25) is 0 Å². The Morgan fingerprint density at radius 3 is 2.53 bits per heavy atom. The van der Waals surface area contributed by atoms with Gasteiger partial charge >= 0.3 is 0 Å². The molecule has 0 bridgehead atoms. The smallest absolute Gasteiger partial charge is 0.0575 e. The monoisotopic (exact) mass is 240 g/mol. The maximum absolute atomic E-state index is 5.94. The van der Waals surface area contributed by atoms with Crippen LogP contribution in [0, 0.1) is 5.92 Å². The van der Waals surface area contributed by atoms with Gasteiger partial charge in [-0.1, -0.05) is 13.8 Å². The van der Waals surface area contributed by atoms with E-state index in [-0.39, 0.29) is 0 Å². The summed E-state index contributed by atoms with van der Waals surface area (Å²) in [6.07, 6.45) is 9.36. The summed E-state index contributed by atoms with van der Waals surface area (Å²) in [5.74, 6) is 1.66. The molecule has 0 unspecified atom stereocenters. The topological polar surface area (TPSA) is 12.5 Å². The number of hydrogen-bond acceptors (Lipinski definition) is 2. The van der Waals surface area contributed by atoms with Crippen LogP contribution in [0.3, 0.4) is 0 Å². The summed E-state index contributed by atoms with van der Waals surface area (Å²) in [6.45, 7) is 7.92. The van der Waals surface area contributed by atoms with E-state index in [9.17, 15) is 0 Å². The summed E-state index contributed by atoms with van der Waals surface area (Å²) in [6, 6.07) is 0. The molecule has 0 aliphatic heterocycles. The summed E-state index contributed by atoms with van der Waals surface area (Å²) in [4.78, 5) is 2.42. The number of nitrogens with zero attached hydrogens (tertiary/aromatic N) is 1. The Morgan fingerprint density at radius 2 is 1.88 bits per heavy atom. The van der Waals surface area contributed by atoms with Crippen molar-refractivity contribution in [2.75, 3.05) is 26.7 Å². The van der Waals surface area contributed by atoms with Crippen LogP contribution in [0.1, 0.15) is 58.8 Å². The molecule has 101 valence electrons. The standard InChI is InChI=1S/C15H30NO/c1-4-11-16(3)12-5-6-13-17-15-9-7-14(2)8-10-15/h15H,4-13H2,1-3H3. The molecular formula is C15H30NO. The SMILES string of the molecule is CCCN(C)CCCCOC1CC[C](C)CC1. The van der Waals surface area contributed by atoms with Crippen LogP contribution in [-0.2, 0) is 4.74 Å². The molecule has 17 heavy (non-hydrogen) atoms. The summed E-state index contributed by atoms with van der Waals surface area (Å²) in [5.41, 5.74) is 0. The second-order valence-electron chi connectivity index (χ2n) is 5.54. The van der Waals surface area contributed by atoms with Gasteiger partial charge < -0.3 is 9.64 Å². The van der Waals surface area contributed by atoms with Crippen molar-refractivity contribution in [3.63, 3.8) is 0 Å². The third kappa shape index (κ3) is 7.05. The van der Waals surface area contributed by atoms with Crippen LogP contribution < -0.4 is 0 Å². The zero-order chi connectivity index (χ0) is 12.5. The van der Waals surface area contributed by atoms with Crippen molar-refractivity contribution in [1.82, 2.24) is 4.90 Å². The summed E-state index contributed by atoms with van der Waals surface area (Å²) >= 11 is 0. The molecule has 0 aromatic carbocycles. The molecule has 0 saturated heterocycles. The van der Waals surface area contributed by atoms with Crippen molar-refractivity contribution >= 4 is 0 Å². The summed E-state index contributed by atoms with van der Waals surface area (Å²) in [5, 5.41) is 0. The van der Waals surface area contributed by atoms with Gasteiger partial charge in [0.15, 0.2) is 0 Å². The molecule has 0 aromatic rings. The minimum absolute atomic E-state index is 0.548. The van der Waals surface area contributed by atoms with Gasteiger partial charge in [0.2, 0.25) is 0 Å². The second-order valence-corrected chi connectivity index (χ2v) is 5.54. The van der Waals surface area contributed by atoms with Crippen molar-refractivity contribution in [3.8, 4) is 0 Å². The van der Waals surface area contributed by atoms with E-state index in [1.807, 2.05) is 0 Å². The normalized spacial score (nSPS) is 19.1. The number of rotatable bonds is 8. The first-order chi connectivity index (χ1) is 8.22. The summed E-state index contributed by atoms with van der Waals surface area (Å²) < 4.78 is 5.94. The lowest BCUT2D eigenvalue weighted by molar-refractivity contribution is 0.0292. The van der Waals surface area contributed by atoms with Crippen molar-refractivity contribution in [3.05, 3.63) is 5.92 Å². The molecule has 0 N–H and O–H groups in total. The Bertz CT molecular complexity index is 176. The fourth-order valence-corrected chi connectivity index (χ4v) is 2.48. The van der Waals surface area contributed by atoms with Gasteiger partial charge in [0.25, 0.3) is 0 Å². The van der Waals surface area contributed by atoms with Crippen molar-refractivity contribution in [2.45, 2.75) is 64.9 Å². The first-order valence-electron chi connectivity index (χ1n) is 7.33. The fraction of sp³-hybridized carbons (Fsp3) is 0.933. The first kappa shape index (κ1) is 15.0. The maximum atomic E-state index is 5.94. The zero-order valence-corrected chi connectivity index (χ0v) is 12.0. The van der Waals surface area contributed by atoms with Gasteiger partial charge in [-0.25, -0.2) is 0 Å². The molecule has 1 fully saturated rings. The largest absolute Gasteiger partial charge is 0.378 e. The molecule has 0 aromatic heterocycles. The number of unbranched alkanes of at least 4 members (excludes halogenated alkanes) is 1. The van der Waals surface area contributed by atoms with Crippen LogP contribution in [-0.4, -0.2) is 37.7 Å².